The van der Waals surface area contributed by atoms with Crippen molar-refractivity contribution in [2.45, 2.75) is 37.5 Å². The molecule has 0 atom stereocenters. The average Bonchev–Trinajstić information content (AvgIpc) is 3.94. The Morgan fingerprint density at radius 1 is 0.347 bits per heavy atom. The van der Waals surface area contributed by atoms with Crippen LogP contribution >= 0.6 is 0 Å². The van der Waals surface area contributed by atoms with Crippen LogP contribution in [0.5, 0.6) is 0 Å². The van der Waals surface area contributed by atoms with E-state index < -0.39 is 0 Å². The van der Waals surface area contributed by atoms with Gasteiger partial charge in [-0.15, -0.1) is 0 Å². The van der Waals surface area contributed by atoms with Crippen LogP contribution in [0.15, 0.2) is 243 Å². The minimum Gasteiger partial charge on any atom is -0.310 e. The lowest BCUT2D eigenvalue weighted by molar-refractivity contribution is -0.0399. The lowest BCUT2D eigenvalue weighted by Crippen LogP contribution is -2.55. The van der Waals surface area contributed by atoms with Gasteiger partial charge < -0.3 is 9.47 Å². The minimum atomic E-state index is 0.109. The molecular formula is C70H54N2. The second kappa shape index (κ2) is 16.4. The maximum Gasteiger partial charge on any atom is 0.0547 e. The zero-order valence-corrected chi connectivity index (χ0v) is 40.3. The number of aromatic nitrogens is 1. The lowest BCUT2D eigenvalue weighted by atomic mass is 9.43. The number of anilines is 3. The van der Waals surface area contributed by atoms with Gasteiger partial charge in [-0.25, -0.2) is 0 Å². The van der Waals surface area contributed by atoms with Crippen LogP contribution in [0.3, 0.4) is 0 Å². The molecule has 0 aliphatic heterocycles. The Kier molecular flexibility index (Phi) is 9.49. The normalized spacial score (nSPS) is 20.3. The molecule has 5 aliphatic carbocycles. The molecule has 1 heterocycles. The molecule has 10 aromatic carbocycles. The predicted molar refractivity (Wildman–Crippen MR) is 300 cm³/mol. The van der Waals surface area contributed by atoms with Crippen LogP contribution in [0, 0.1) is 23.7 Å². The fourth-order valence-corrected chi connectivity index (χ4v) is 15.1. The van der Waals surface area contributed by atoms with Gasteiger partial charge in [-0.2, -0.15) is 0 Å². The molecule has 0 amide bonds. The van der Waals surface area contributed by atoms with E-state index in [9.17, 15) is 0 Å². The van der Waals surface area contributed by atoms with Crippen LogP contribution in [0.1, 0.15) is 43.2 Å². The second-order valence-corrected chi connectivity index (χ2v) is 21.2. The highest BCUT2D eigenvalue weighted by Crippen LogP contribution is 2.69. The summed E-state index contributed by atoms with van der Waals surface area (Å²) in [5, 5.41) is 2.53. The molecule has 0 N–H and O–H groups in total. The van der Waals surface area contributed by atoms with Gasteiger partial charge in [-0.1, -0.05) is 188 Å². The average molecular weight is 923 g/mol. The van der Waals surface area contributed by atoms with Crippen molar-refractivity contribution in [2.75, 3.05) is 4.90 Å². The molecule has 4 saturated carbocycles. The Balaban J connectivity index is 0.921. The van der Waals surface area contributed by atoms with E-state index in [1.54, 1.807) is 11.1 Å². The molecule has 11 aromatic rings. The van der Waals surface area contributed by atoms with E-state index in [-0.39, 0.29) is 5.41 Å². The van der Waals surface area contributed by atoms with Crippen molar-refractivity contribution >= 4 is 38.9 Å². The number of hydrogen-bond acceptors (Lipinski definition) is 1. The fourth-order valence-electron chi connectivity index (χ4n) is 15.1. The Bertz CT molecular complexity index is 3850. The van der Waals surface area contributed by atoms with Crippen molar-refractivity contribution in [3.8, 4) is 61.3 Å². The quantitative estimate of drug-likeness (QED) is 0.147. The first kappa shape index (κ1) is 41.6. The van der Waals surface area contributed by atoms with E-state index in [4.69, 9.17) is 0 Å². The van der Waals surface area contributed by atoms with Gasteiger partial charge in [0.2, 0.25) is 0 Å². The van der Waals surface area contributed by atoms with Gasteiger partial charge in [0, 0.05) is 38.8 Å². The molecule has 1 aromatic heterocycles. The molecule has 0 unspecified atom stereocenters. The summed E-state index contributed by atoms with van der Waals surface area (Å²) in [7, 11) is 0. The van der Waals surface area contributed by atoms with E-state index in [0.717, 1.165) is 23.2 Å². The van der Waals surface area contributed by atoms with Crippen LogP contribution < -0.4 is 4.90 Å². The van der Waals surface area contributed by atoms with Crippen molar-refractivity contribution in [2.24, 2.45) is 23.7 Å². The molecule has 4 fully saturated rings. The molecule has 2 heteroatoms. The second-order valence-electron chi connectivity index (χ2n) is 21.2. The largest absolute Gasteiger partial charge is 0.310 e. The van der Waals surface area contributed by atoms with E-state index in [1.807, 2.05) is 0 Å². The summed E-state index contributed by atoms with van der Waals surface area (Å²) >= 11 is 0. The summed E-state index contributed by atoms with van der Waals surface area (Å²) in [5.41, 5.74) is 22.9. The van der Waals surface area contributed by atoms with Gasteiger partial charge in [0.05, 0.1) is 16.7 Å². The molecule has 5 aliphatic rings. The summed E-state index contributed by atoms with van der Waals surface area (Å²) < 4.78 is 2.41. The van der Waals surface area contributed by atoms with E-state index >= 15 is 0 Å². The molecule has 1 spiro atoms. The standard InChI is InChI=1S/C70H54N2/c1-3-18-48(19-4-1)55-22-7-8-23-57(55)58-24-9-10-25-59(58)61-27-12-15-31-66(61)71(54-38-39-65-63(45-54)60-26-11-14-30-64(60)70(65)50-41-46-40-47(43-50)44-51(70)42-46)53-36-34-49(35-37-53)56-29-17-33-68-69(56)62-28-13-16-32-67(62)72(68)52-20-5-2-6-21-52/h1-39,45-47,50-51H,40-44H2. The zero-order valence-electron chi connectivity index (χ0n) is 40.3. The van der Waals surface area contributed by atoms with Crippen molar-refractivity contribution in [3.05, 3.63) is 254 Å². The predicted octanol–water partition coefficient (Wildman–Crippen LogP) is 18.6. The van der Waals surface area contributed by atoms with Gasteiger partial charge in [-0.05, 0) is 172 Å². The first-order chi connectivity index (χ1) is 35.7. The summed E-state index contributed by atoms with van der Waals surface area (Å²) in [5.74, 6) is 3.24. The molecule has 72 heavy (non-hydrogen) atoms. The van der Waals surface area contributed by atoms with Crippen LogP contribution in [0.2, 0.25) is 0 Å². The number of rotatable bonds is 8. The Morgan fingerprint density at radius 3 is 1.60 bits per heavy atom. The van der Waals surface area contributed by atoms with E-state index in [1.165, 1.54) is 121 Å². The monoisotopic (exact) mass is 922 g/mol. The summed E-state index contributed by atoms with van der Waals surface area (Å²) in [4.78, 5) is 2.55. The number of fused-ring (bicyclic) bond motifs is 6. The maximum absolute atomic E-state index is 2.57. The Morgan fingerprint density at radius 2 is 0.861 bits per heavy atom. The fraction of sp³-hybridized carbons (Fsp3) is 0.143. The third-order valence-electron chi connectivity index (χ3n) is 17.6. The SMILES string of the molecule is c1ccc(-c2ccccc2-c2ccccc2-c2ccccc2N(c2ccc(-c3cccc4c3c3ccccc3n4-c3ccccc3)cc2)c2ccc3c(c2)-c2ccccc2C32C3CC4CC(C3)CC2C4)cc1. The number of benzene rings is 10. The molecule has 2 nitrogen and oxygen atoms in total. The van der Waals surface area contributed by atoms with Crippen molar-refractivity contribution in [1.29, 1.82) is 0 Å². The zero-order chi connectivity index (χ0) is 47.3. The third kappa shape index (κ3) is 6.21. The van der Waals surface area contributed by atoms with Gasteiger partial charge in [-0.3, -0.25) is 0 Å². The van der Waals surface area contributed by atoms with Gasteiger partial charge in [0.15, 0.2) is 0 Å². The highest BCUT2D eigenvalue weighted by Gasteiger charge is 2.61. The Labute approximate surface area is 422 Å². The lowest BCUT2D eigenvalue weighted by Gasteiger charge is -2.61. The first-order valence-corrected chi connectivity index (χ1v) is 26.3. The molecule has 344 valence electrons. The van der Waals surface area contributed by atoms with Gasteiger partial charge in [0.25, 0.3) is 0 Å². The number of para-hydroxylation sites is 3. The summed E-state index contributed by atoms with van der Waals surface area (Å²) in [6.07, 6.45) is 6.96. The van der Waals surface area contributed by atoms with Crippen molar-refractivity contribution in [3.63, 3.8) is 0 Å². The number of nitrogens with zero attached hydrogens (tertiary/aromatic N) is 2. The van der Waals surface area contributed by atoms with Crippen LogP contribution in [-0.4, -0.2) is 4.57 Å². The van der Waals surface area contributed by atoms with Crippen LogP contribution in [-0.2, 0) is 5.41 Å². The smallest absolute Gasteiger partial charge is 0.0547 e. The number of hydrogen-bond donors (Lipinski definition) is 0. The molecule has 0 saturated heterocycles. The third-order valence-corrected chi connectivity index (χ3v) is 17.6. The summed E-state index contributed by atoms with van der Waals surface area (Å²) in [6, 6.07) is 90.8. The van der Waals surface area contributed by atoms with Crippen molar-refractivity contribution < 1.29 is 0 Å². The molecular weight excluding hydrogens is 869 g/mol. The molecule has 0 radical (unpaired) electrons. The van der Waals surface area contributed by atoms with Gasteiger partial charge >= 0.3 is 0 Å². The van der Waals surface area contributed by atoms with E-state index in [2.05, 4.69) is 252 Å². The van der Waals surface area contributed by atoms with Crippen LogP contribution in [0.25, 0.3) is 83.1 Å². The Hall–Kier alpha value is -8.20. The highest BCUT2D eigenvalue weighted by molar-refractivity contribution is 6.16. The maximum atomic E-state index is 2.57. The molecule has 16 rings (SSSR count). The van der Waals surface area contributed by atoms with Gasteiger partial charge in [0.1, 0.15) is 0 Å². The van der Waals surface area contributed by atoms with E-state index in [0.29, 0.717) is 11.8 Å². The van der Waals surface area contributed by atoms with Crippen LogP contribution in [0.4, 0.5) is 17.1 Å². The first-order valence-electron chi connectivity index (χ1n) is 26.3. The highest BCUT2D eigenvalue weighted by atomic mass is 15.1. The molecule has 4 bridgehead atoms. The van der Waals surface area contributed by atoms with Crippen molar-refractivity contribution in [1.82, 2.24) is 4.57 Å². The summed E-state index contributed by atoms with van der Waals surface area (Å²) in [6.45, 7) is 0. The topological polar surface area (TPSA) is 8.17 Å². The minimum absolute atomic E-state index is 0.109.